The fraction of sp³-hybridized carbons (Fsp3) is 1.00. The Morgan fingerprint density at radius 1 is 1.23 bits per heavy atom. The first-order chi connectivity index (χ1) is 6.13. The van der Waals surface area contributed by atoms with Gasteiger partial charge < -0.3 is 5.11 Å². The van der Waals surface area contributed by atoms with Gasteiger partial charge in [0, 0.05) is 19.6 Å². The summed E-state index contributed by atoms with van der Waals surface area (Å²) in [4.78, 5) is 2.38. The molecular formula is C11H23NO. The normalized spacial score (nSPS) is 20.3. The van der Waals surface area contributed by atoms with Gasteiger partial charge >= 0.3 is 0 Å². The van der Waals surface area contributed by atoms with Crippen molar-refractivity contribution in [3.05, 3.63) is 0 Å². The van der Waals surface area contributed by atoms with E-state index in [4.69, 9.17) is 0 Å². The van der Waals surface area contributed by atoms with Crippen molar-refractivity contribution in [3.8, 4) is 0 Å². The second-order valence-electron chi connectivity index (χ2n) is 4.40. The Kier molecular flexibility index (Phi) is 3.74. The molecule has 1 aliphatic heterocycles. The van der Waals surface area contributed by atoms with Crippen molar-refractivity contribution in [1.29, 1.82) is 0 Å². The van der Waals surface area contributed by atoms with Crippen molar-refractivity contribution in [3.63, 3.8) is 0 Å². The van der Waals surface area contributed by atoms with E-state index >= 15 is 0 Å². The lowest BCUT2D eigenvalue weighted by atomic mass is 9.91. The molecule has 0 radical (unpaired) electrons. The topological polar surface area (TPSA) is 23.5 Å². The number of rotatable bonds is 5. The molecule has 1 heterocycles. The van der Waals surface area contributed by atoms with Crippen LogP contribution in [0.5, 0.6) is 0 Å². The predicted octanol–water partition coefficient (Wildman–Crippen LogP) is 1.88. The van der Waals surface area contributed by atoms with Crippen LogP contribution in [-0.4, -0.2) is 35.2 Å². The van der Waals surface area contributed by atoms with Gasteiger partial charge in [0.15, 0.2) is 0 Å². The van der Waals surface area contributed by atoms with Crippen molar-refractivity contribution < 1.29 is 5.11 Å². The van der Waals surface area contributed by atoms with Crippen LogP contribution in [0.15, 0.2) is 0 Å². The van der Waals surface area contributed by atoms with Gasteiger partial charge in [-0.1, -0.05) is 27.2 Å². The molecule has 0 aromatic heterocycles. The van der Waals surface area contributed by atoms with Gasteiger partial charge in [0.25, 0.3) is 0 Å². The number of aliphatic hydroxyl groups is 1. The summed E-state index contributed by atoms with van der Waals surface area (Å²) < 4.78 is 0. The first-order valence-corrected chi connectivity index (χ1v) is 5.58. The van der Waals surface area contributed by atoms with E-state index < -0.39 is 5.60 Å². The maximum atomic E-state index is 10.1. The monoisotopic (exact) mass is 185 g/mol. The molecule has 0 bridgehead atoms. The summed E-state index contributed by atoms with van der Waals surface area (Å²) in [5.41, 5.74) is -0.432. The lowest BCUT2D eigenvalue weighted by Gasteiger charge is -2.43. The van der Waals surface area contributed by atoms with Crippen molar-refractivity contribution in [1.82, 2.24) is 4.90 Å². The quantitative estimate of drug-likeness (QED) is 0.707. The van der Waals surface area contributed by atoms with Crippen LogP contribution in [-0.2, 0) is 0 Å². The Hall–Kier alpha value is -0.0800. The minimum absolute atomic E-state index is 0.432. The third-order valence-corrected chi connectivity index (χ3v) is 3.44. The number of likely N-dealkylation sites (tertiary alicyclic amines) is 1. The van der Waals surface area contributed by atoms with Crippen LogP contribution in [0.25, 0.3) is 0 Å². The summed E-state index contributed by atoms with van der Waals surface area (Å²) in [6.45, 7) is 9.64. The molecule has 0 aromatic rings. The highest BCUT2D eigenvalue weighted by Gasteiger charge is 2.32. The lowest BCUT2D eigenvalue weighted by molar-refractivity contribution is -0.0365. The van der Waals surface area contributed by atoms with Crippen LogP contribution < -0.4 is 0 Å². The van der Waals surface area contributed by atoms with E-state index in [1.54, 1.807) is 0 Å². The van der Waals surface area contributed by atoms with Gasteiger partial charge in [0.1, 0.15) is 0 Å². The second kappa shape index (κ2) is 4.43. The van der Waals surface area contributed by atoms with Gasteiger partial charge in [-0.2, -0.15) is 0 Å². The average molecular weight is 185 g/mol. The van der Waals surface area contributed by atoms with Crippen molar-refractivity contribution in [2.24, 2.45) is 5.92 Å². The Morgan fingerprint density at radius 3 is 2.15 bits per heavy atom. The molecule has 1 saturated heterocycles. The smallest absolute Gasteiger partial charge is 0.0768 e. The summed E-state index contributed by atoms with van der Waals surface area (Å²) in [6.07, 6.45) is 3.03. The molecule has 0 amide bonds. The molecule has 0 spiro atoms. The largest absolute Gasteiger partial charge is 0.389 e. The van der Waals surface area contributed by atoms with Gasteiger partial charge in [0.2, 0.25) is 0 Å². The zero-order valence-corrected chi connectivity index (χ0v) is 9.21. The lowest BCUT2D eigenvalue weighted by Crippen LogP contribution is -2.53. The number of hydrogen-bond acceptors (Lipinski definition) is 2. The van der Waals surface area contributed by atoms with Gasteiger partial charge in [-0.3, -0.25) is 4.90 Å². The standard InChI is InChI=1S/C11H23NO/c1-4-10-7-12(8-10)9-11(13,5-2)6-3/h10,13H,4-9H2,1-3H3. The third-order valence-electron chi connectivity index (χ3n) is 3.44. The summed E-state index contributed by atoms with van der Waals surface area (Å²) in [7, 11) is 0. The highest BCUT2D eigenvalue weighted by atomic mass is 16.3. The molecule has 0 aromatic carbocycles. The highest BCUT2D eigenvalue weighted by molar-refractivity contribution is 4.86. The number of hydrogen-bond donors (Lipinski definition) is 1. The van der Waals surface area contributed by atoms with Gasteiger partial charge in [-0.15, -0.1) is 0 Å². The summed E-state index contributed by atoms with van der Waals surface area (Å²) in [6, 6.07) is 0. The van der Waals surface area contributed by atoms with E-state index in [9.17, 15) is 5.11 Å². The van der Waals surface area contributed by atoms with Gasteiger partial charge in [-0.25, -0.2) is 0 Å². The van der Waals surface area contributed by atoms with Crippen LogP contribution >= 0.6 is 0 Å². The predicted molar refractivity (Wildman–Crippen MR) is 55.8 cm³/mol. The van der Waals surface area contributed by atoms with E-state index in [0.29, 0.717) is 0 Å². The Bertz CT molecular complexity index is 148. The van der Waals surface area contributed by atoms with Crippen LogP contribution in [0.3, 0.4) is 0 Å². The first kappa shape index (κ1) is 11.0. The molecule has 1 N–H and O–H groups in total. The third kappa shape index (κ3) is 2.68. The summed E-state index contributed by atoms with van der Waals surface area (Å²) >= 11 is 0. The average Bonchev–Trinajstić information content (AvgIpc) is 2.10. The minimum Gasteiger partial charge on any atom is -0.389 e. The van der Waals surface area contributed by atoms with Crippen LogP contribution in [0.1, 0.15) is 40.0 Å². The highest BCUT2D eigenvalue weighted by Crippen LogP contribution is 2.24. The molecule has 1 fully saturated rings. The van der Waals surface area contributed by atoms with Crippen LogP contribution in [0, 0.1) is 5.92 Å². The van der Waals surface area contributed by atoms with E-state index in [-0.39, 0.29) is 0 Å². The fourth-order valence-electron chi connectivity index (χ4n) is 1.95. The molecule has 2 nitrogen and oxygen atoms in total. The molecule has 0 unspecified atom stereocenters. The zero-order chi connectivity index (χ0) is 9.90. The molecule has 0 atom stereocenters. The second-order valence-corrected chi connectivity index (χ2v) is 4.40. The Labute approximate surface area is 81.9 Å². The van der Waals surface area contributed by atoms with Crippen LogP contribution in [0.2, 0.25) is 0 Å². The number of β-amino-alcohol motifs (C(OH)–C–C–N with tert-alkyl or cyclic N) is 1. The Balaban J connectivity index is 2.25. The molecule has 0 saturated carbocycles. The maximum Gasteiger partial charge on any atom is 0.0768 e. The van der Waals surface area contributed by atoms with Gasteiger partial charge in [0.05, 0.1) is 5.60 Å². The van der Waals surface area contributed by atoms with Gasteiger partial charge in [-0.05, 0) is 18.8 Å². The fourth-order valence-corrected chi connectivity index (χ4v) is 1.95. The van der Waals surface area contributed by atoms with Crippen molar-refractivity contribution in [2.45, 2.75) is 45.6 Å². The summed E-state index contributed by atoms with van der Waals surface area (Å²) in [5.74, 6) is 0.887. The van der Waals surface area contributed by atoms with E-state index in [1.165, 1.54) is 19.5 Å². The SMILES string of the molecule is CCC1CN(CC(O)(CC)CC)C1. The molecule has 13 heavy (non-hydrogen) atoms. The molecule has 78 valence electrons. The Morgan fingerprint density at radius 2 is 1.77 bits per heavy atom. The maximum absolute atomic E-state index is 10.1. The molecule has 1 aliphatic rings. The summed E-state index contributed by atoms with van der Waals surface area (Å²) in [5, 5.41) is 10.1. The molecule has 0 aliphatic carbocycles. The van der Waals surface area contributed by atoms with E-state index in [2.05, 4.69) is 25.7 Å². The van der Waals surface area contributed by atoms with E-state index in [0.717, 1.165) is 25.3 Å². The number of nitrogens with zero attached hydrogens (tertiary/aromatic N) is 1. The molecule has 2 heteroatoms. The molecule has 1 rings (SSSR count). The van der Waals surface area contributed by atoms with Crippen molar-refractivity contribution >= 4 is 0 Å². The minimum atomic E-state index is -0.432. The van der Waals surface area contributed by atoms with Crippen LogP contribution in [0.4, 0.5) is 0 Å². The molecular weight excluding hydrogens is 162 g/mol. The zero-order valence-electron chi connectivity index (χ0n) is 9.21. The first-order valence-electron chi connectivity index (χ1n) is 5.58. The van der Waals surface area contributed by atoms with Crippen molar-refractivity contribution in [2.75, 3.05) is 19.6 Å². The van der Waals surface area contributed by atoms with E-state index in [1.807, 2.05) is 0 Å².